The molecule has 25 heavy (non-hydrogen) atoms. The molecule has 1 aromatic rings. The Balaban J connectivity index is 1.75. The molecule has 7 heteroatoms. The van der Waals surface area contributed by atoms with Crippen molar-refractivity contribution < 1.29 is 9.59 Å². The summed E-state index contributed by atoms with van der Waals surface area (Å²) in [4.78, 5) is 30.1. The number of nitrogens with zero attached hydrogens (tertiary/aromatic N) is 2. The summed E-state index contributed by atoms with van der Waals surface area (Å²) in [7, 11) is 0. The lowest BCUT2D eigenvalue weighted by Crippen LogP contribution is -2.49. The highest BCUT2D eigenvalue weighted by atomic mass is 16.2. The molecule has 0 spiro atoms. The van der Waals surface area contributed by atoms with Crippen LogP contribution in [0.4, 0.5) is 10.6 Å². The lowest BCUT2D eigenvalue weighted by molar-refractivity contribution is -0.124. The molecule has 3 N–H and O–H groups in total. The Labute approximate surface area is 149 Å². The van der Waals surface area contributed by atoms with Gasteiger partial charge < -0.3 is 20.9 Å². The SMILES string of the molecule is CCNc1cc(CNC(=O)N2CCC(NC(=O)C(C)C)CC2)ccn1. The molecule has 1 aliphatic rings. The fourth-order valence-electron chi connectivity index (χ4n) is 2.75. The first kappa shape index (κ1) is 19.0. The van der Waals surface area contributed by atoms with Gasteiger partial charge in [0.25, 0.3) is 0 Å². The maximum Gasteiger partial charge on any atom is 0.317 e. The highest BCUT2D eigenvalue weighted by molar-refractivity contribution is 5.78. The minimum Gasteiger partial charge on any atom is -0.370 e. The zero-order valence-corrected chi connectivity index (χ0v) is 15.3. The Morgan fingerprint density at radius 2 is 2.04 bits per heavy atom. The van der Waals surface area contributed by atoms with E-state index in [0.717, 1.165) is 30.8 Å². The molecule has 3 amide bonds. The van der Waals surface area contributed by atoms with Gasteiger partial charge in [-0.05, 0) is 37.5 Å². The number of aromatic nitrogens is 1. The van der Waals surface area contributed by atoms with E-state index < -0.39 is 0 Å². The number of rotatable bonds is 6. The van der Waals surface area contributed by atoms with Gasteiger partial charge in [-0.1, -0.05) is 13.8 Å². The van der Waals surface area contributed by atoms with Crippen LogP contribution in [-0.2, 0) is 11.3 Å². The first-order chi connectivity index (χ1) is 12.0. The number of pyridine rings is 1. The van der Waals surface area contributed by atoms with Crippen molar-refractivity contribution >= 4 is 17.8 Å². The average Bonchev–Trinajstić information content (AvgIpc) is 2.61. The van der Waals surface area contributed by atoms with Gasteiger partial charge in [0.15, 0.2) is 0 Å². The topological polar surface area (TPSA) is 86.4 Å². The molecule has 0 unspecified atom stereocenters. The quantitative estimate of drug-likeness (QED) is 0.734. The molecule has 1 aromatic heterocycles. The average molecular weight is 347 g/mol. The molecule has 2 rings (SSSR count). The molecule has 0 aromatic carbocycles. The van der Waals surface area contributed by atoms with Crippen LogP contribution in [-0.4, -0.2) is 47.5 Å². The lowest BCUT2D eigenvalue weighted by atomic mass is 10.0. The van der Waals surface area contributed by atoms with Gasteiger partial charge in [-0.25, -0.2) is 9.78 Å². The third-order valence-corrected chi connectivity index (χ3v) is 4.28. The van der Waals surface area contributed by atoms with Gasteiger partial charge in [0.05, 0.1) is 0 Å². The highest BCUT2D eigenvalue weighted by Crippen LogP contribution is 2.12. The molecule has 1 fully saturated rings. The lowest BCUT2D eigenvalue weighted by Gasteiger charge is -2.32. The summed E-state index contributed by atoms with van der Waals surface area (Å²) in [5.41, 5.74) is 1.01. The number of carbonyl (C=O) groups excluding carboxylic acids is 2. The second-order valence-electron chi connectivity index (χ2n) is 6.66. The number of carbonyl (C=O) groups is 2. The van der Waals surface area contributed by atoms with E-state index in [0.29, 0.717) is 19.6 Å². The van der Waals surface area contributed by atoms with Gasteiger partial charge >= 0.3 is 6.03 Å². The Morgan fingerprint density at radius 1 is 1.32 bits per heavy atom. The third kappa shape index (κ3) is 5.92. The van der Waals surface area contributed by atoms with Crippen molar-refractivity contribution in [2.75, 3.05) is 25.0 Å². The Hall–Kier alpha value is -2.31. The van der Waals surface area contributed by atoms with E-state index in [2.05, 4.69) is 20.9 Å². The van der Waals surface area contributed by atoms with Crippen molar-refractivity contribution in [2.24, 2.45) is 5.92 Å². The largest absolute Gasteiger partial charge is 0.370 e. The number of amides is 3. The van der Waals surface area contributed by atoms with Crippen LogP contribution in [0.25, 0.3) is 0 Å². The van der Waals surface area contributed by atoms with E-state index in [1.165, 1.54) is 0 Å². The zero-order chi connectivity index (χ0) is 18.2. The second kappa shape index (κ2) is 9.25. The van der Waals surface area contributed by atoms with E-state index in [4.69, 9.17) is 0 Å². The third-order valence-electron chi connectivity index (χ3n) is 4.28. The normalized spacial score (nSPS) is 15.1. The summed E-state index contributed by atoms with van der Waals surface area (Å²) in [6.45, 7) is 8.40. The molecular weight excluding hydrogens is 318 g/mol. The first-order valence-electron chi connectivity index (χ1n) is 9.01. The van der Waals surface area contributed by atoms with Gasteiger partial charge in [0.1, 0.15) is 5.82 Å². The number of piperidine rings is 1. The van der Waals surface area contributed by atoms with Crippen LogP contribution < -0.4 is 16.0 Å². The van der Waals surface area contributed by atoms with Crippen LogP contribution in [0.2, 0.25) is 0 Å². The predicted molar refractivity (Wildman–Crippen MR) is 98.2 cm³/mol. The van der Waals surface area contributed by atoms with Gasteiger partial charge in [0.2, 0.25) is 5.91 Å². The summed E-state index contributed by atoms with van der Waals surface area (Å²) < 4.78 is 0. The molecule has 1 aliphatic heterocycles. The van der Waals surface area contributed by atoms with E-state index >= 15 is 0 Å². The van der Waals surface area contributed by atoms with Crippen LogP contribution in [0.15, 0.2) is 18.3 Å². The van der Waals surface area contributed by atoms with Crippen molar-refractivity contribution in [1.29, 1.82) is 0 Å². The summed E-state index contributed by atoms with van der Waals surface area (Å²) >= 11 is 0. The second-order valence-corrected chi connectivity index (χ2v) is 6.66. The monoisotopic (exact) mass is 347 g/mol. The fourth-order valence-corrected chi connectivity index (χ4v) is 2.75. The Bertz CT molecular complexity index is 583. The van der Waals surface area contributed by atoms with Crippen molar-refractivity contribution in [3.8, 4) is 0 Å². The molecule has 2 heterocycles. The van der Waals surface area contributed by atoms with Crippen LogP contribution in [0.3, 0.4) is 0 Å². The maximum atomic E-state index is 12.3. The Morgan fingerprint density at radius 3 is 2.68 bits per heavy atom. The van der Waals surface area contributed by atoms with Crippen molar-refractivity contribution in [1.82, 2.24) is 20.5 Å². The molecule has 0 radical (unpaired) electrons. The van der Waals surface area contributed by atoms with E-state index in [1.807, 2.05) is 37.8 Å². The molecule has 1 saturated heterocycles. The first-order valence-corrected chi connectivity index (χ1v) is 9.01. The molecule has 0 bridgehead atoms. The van der Waals surface area contributed by atoms with E-state index in [9.17, 15) is 9.59 Å². The van der Waals surface area contributed by atoms with Crippen LogP contribution in [0.5, 0.6) is 0 Å². The van der Waals surface area contributed by atoms with Gasteiger partial charge in [0, 0.05) is 44.3 Å². The molecule has 0 saturated carbocycles. The molecule has 0 aliphatic carbocycles. The Kier molecular flexibility index (Phi) is 7.03. The fraction of sp³-hybridized carbons (Fsp3) is 0.611. The maximum absolute atomic E-state index is 12.3. The summed E-state index contributed by atoms with van der Waals surface area (Å²) in [5, 5.41) is 9.16. The number of anilines is 1. The van der Waals surface area contributed by atoms with Crippen LogP contribution in [0, 0.1) is 5.92 Å². The predicted octanol–water partition coefficient (Wildman–Crippen LogP) is 1.96. The molecule has 0 atom stereocenters. The number of urea groups is 1. The standard InChI is InChI=1S/C18H29N5O2/c1-4-19-16-11-14(5-8-20-16)12-21-18(25)23-9-6-15(7-10-23)22-17(24)13(2)3/h5,8,11,13,15H,4,6-7,9-10,12H2,1-3H3,(H,19,20)(H,21,25)(H,22,24). The zero-order valence-electron chi connectivity index (χ0n) is 15.3. The number of likely N-dealkylation sites (tertiary alicyclic amines) is 1. The smallest absolute Gasteiger partial charge is 0.317 e. The van der Waals surface area contributed by atoms with Gasteiger partial charge in [-0.15, -0.1) is 0 Å². The van der Waals surface area contributed by atoms with Gasteiger partial charge in [-0.3, -0.25) is 4.79 Å². The van der Waals surface area contributed by atoms with Crippen molar-refractivity contribution in [3.63, 3.8) is 0 Å². The number of hydrogen-bond donors (Lipinski definition) is 3. The van der Waals surface area contributed by atoms with Gasteiger partial charge in [-0.2, -0.15) is 0 Å². The van der Waals surface area contributed by atoms with Crippen molar-refractivity contribution in [2.45, 2.75) is 46.2 Å². The van der Waals surface area contributed by atoms with E-state index in [1.54, 1.807) is 6.20 Å². The van der Waals surface area contributed by atoms with E-state index in [-0.39, 0.29) is 23.9 Å². The minimum atomic E-state index is -0.0598. The highest BCUT2D eigenvalue weighted by Gasteiger charge is 2.24. The summed E-state index contributed by atoms with van der Waals surface area (Å²) in [5.74, 6) is 0.891. The molecule has 138 valence electrons. The summed E-state index contributed by atoms with van der Waals surface area (Å²) in [6, 6.07) is 3.95. The summed E-state index contributed by atoms with van der Waals surface area (Å²) in [6.07, 6.45) is 3.33. The number of nitrogens with one attached hydrogen (secondary N) is 3. The van der Waals surface area contributed by atoms with Crippen LogP contribution in [0.1, 0.15) is 39.2 Å². The molecule has 7 nitrogen and oxygen atoms in total. The van der Waals surface area contributed by atoms with Crippen LogP contribution >= 0.6 is 0 Å². The van der Waals surface area contributed by atoms with Crippen molar-refractivity contribution in [3.05, 3.63) is 23.9 Å². The molecular formula is C18H29N5O2. The minimum absolute atomic E-state index is 0.00576. The number of hydrogen-bond acceptors (Lipinski definition) is 4.